The lowest BCUT2D eigenvalue weighted by Crippen LogP contribution is -2.35. The molecule has 1 N–H and O–H groups in total. The number of rotatable bonds is 3. The van der Waals surface area contributed by atoms with Gasteiger partial charge in [-0.2, -0.15) is 0 Å². The summed E-state index contributed by atoms with van der Waals surface area (Å²) >= 11 is 0. The minimum absolute atomic E-state index is 0.00486. The van der Waals surface area contributed by atoms with E-state index in [4.69, 9.17) is 0 Å². The first-order chi connectivity index (χ1) is 8.88. The normalized spacial score (nSPS) is 17.3. The van der Waals surface area contributed by atoms with Crippen LogP contribution >= 0.6 is 0 Å². The lowest BCUT2D eigenvalue weighted by molar-refractivity contribution is -0.126. The second-order valence-electron chi connectivity index (χ2n) is 5.08. The molecule has 0 spiro atoms. The zero-order valence-electron chi connectivity index (χ0n) is 11.4. The Morgan fingerprint density at radius 2 is 1.79 bits per heavy atom. The van der Waals surface area contributed by atoms with Crippen molar-refractivity contribution in [2.75, 3.05) is 20.1 Å². The maximum absolute atomic E-state index is 11.7. The predicted molar refractivity (Wildman–Crippen MR) is 70.6 cm³/mol. The quantitative estimate of drug-likeness (QED) is 0.833. The first kappa shape index (κ1) is 13.5. The largest absolute Gasteiger partial charge is 0.387 e. The van der Waals surface area contributed by atoms with E-state index in [1.165, 1.54) is 4.90 Å². The third kappa shape index (κ3) is 2.76. The van der Waals surface area contributed by atoms with Gasteiger partial charge in [-0.3, -0.25) is 9.69 Å². The van der Waals surface area contributed by atoms with Crippen LogP contribution in [0.2, 0.25) is 0 Å². The minimum atomic E-state index is -0.849. The molecular weight excluding hydrogens is 244 g/mol. The average molecular weight is 262 g/mol. The molecule has 0 aromatic heterocycles. The Morgan fingerprint density at radius 3 is 2.26 bits per heavy atom. The van der Waals surface area contributed by atoms with E-state index in [0.29, 0.717) is 0 Å². The van der Waals surface area contributed by atoms with Crippen LogP contribution in [0.25, 0.3) is 0 Å². The van der Waals surface area contributed by atoms with Crippen molar-refractivity contribution in [1.29, 1.82) is 0 Å². The van der Waals surface area contributed by atoms with E-state index in [2.05, 4.69) is 0 Å². The van der Waals surface area contributed by atoms with Gasteiger partial charge in [0.15, 0.2) is 0 Å². The van der Waals surface area contributed by atoms with Crippen molar-refractivity contribution >= 4 is 11.9 Å². The predicted octanol–water partition coefficient (Wildman–Crippen LogP) is 1.23. The third-order valence-electron chi connectivity index (χ3n) is 3.22. The molecular formula is C14H18N2O3. The summed E-state index contributed by atoms with van der Waals surface area (Å²) in [5.41, 5.74) is 2.82. The molecule has 1 fully saturated rings. The number of carbonyl (C=O) groups excluding carboxylic acids is 2. The molecule has 0 aliphatic carbocycles. The molecule has 5 heteroatoms. The van der Waals surface area contributed by atoms with Crippen LogP contribution in [0.15, 0.2) is 18.2 Å². The van der Waals surface area contributed by atoms with E-state index in [9.17, 15) is 14.7 Å². The number of amides is 3. The number of aliphatic hydroxyl groups excluding tert-OH is 1. The van der Waals surface area contributed by atoms with Gasteiger partial charge in [0, 0.05) is 7.05 Å². The van der Waals surface area contributed by atoms with Gasteiger partial charge in [0.05, 0.1) is 12.6 Å². The van der Waals surface area contributed by atoms with Gasteiger partial charge in [0.25, 0.3) is 0 Å². The highest BCUT2D eigenvalue weighted by molar-refractivity contribution is 6.01. The van der Waals surface area contributed by atoms with E-state index in [1.807, 2.05) is 32.0 Å². The van der Waals surface area contributed by atoms with Crippen molar-refractivity contribution in [3.8, 4) is 0 Å². The maximum Gasteiger partial charge on any atom is 0.327 e. The molecule has 5 nitrogen and oxygen atoms in total. The molecule has 1 atom stereocenters. The fourth-order valence-corrected chi connectivity index (χ4v) is 2.33. The summed E-state index contributed by atoms with van der Waals surface area (Å²) in [7, 11) is 1.57. The van der Waals surface area contributed by atoms with Crippen LogP contribution in [0.5, 0.6) is 0 Å². The molecule has 1 aromatic carbocycles. The SMILES string of the molecule is Cc1cc(C)cc(C(O)CN2C(=O)CN(C)C2=O)c1. The molecule has 1 unspecified atom stereocenters. The fourth-order valence-electron chi connectivity index (χ4n) is 2.33. The zero-order chi connectivity index (χ0) is 14.2. The van der Waals surface area contributed by atoms with Crippen molar-refractivity contribution in [3.05, 3.63) is 34.9 Å². The summed E-state index contributed by atoms with van der Waals surface area (Å²) in [5, 5.41) is 10.2. The number of urea groups is 1. The second kappa shape index (κ2) is 5.01. The molecule has 1 saturated heterocycles. The smallest absolute Gasteiger partial charge is 0.327 e. The van der Waals surface area contributed by atoms with Crippen molar-refractivity contribution in [2.45, 2.75) is 20.0 Å². The highest BCUT2D eigenvalue weighted by Crippen LogP contribution is 2.20. The summed E-state index contributed by atoms with van der Waals surface area (Å²) in [5.74, 6) is -0.268. The Balaban J connectivity index is 2.15. The number of benzene rings is 1. The van der Waals surface area contributed by atoms with Crippen LogP contribution in [0.4, 0.5) is 4.79 Å². The molecule has 0 bridgehead atoms. The van der Waals surface area contributed by atoms with E-state index >= 15 is 0 Å². The molecule has 1 aromatic rings. The molecule has 0 saturated carbocycles. The second-order valence-corrected chi connectivity index (χ2v) is 5.08. The van der Waals surface area contributed by atoms with Crippen LogP contribution in [0, 0.1) is 13.8 Å². The zero-order valence-corrected chi connectivity index (χ0v) is 11.4. The Morgan fingerprint density at radius 1 is 1.21 bits per heavy atom. The minimum Gasteiger partial charge on any atom is -0.387 e. The molecule has 1 aliphatic heterocycles. The lowest BCUT2D eigenvalue weighted by Gasteiger charge is -2.19. The van der Waals surface area contributed by atoms with Gasteiger partial charge >= 0.3 is 6.03 Å². The topological polar surface area (TPSA) is 60.9 Å². The molecule has 1 heterocycles. The van der Waals surface area contributed by atoms with Crippen molar-refractivity contribution in [1.82, 2.24) is 9.80 Å². The summed E-state index contributed by atoms with van der Waals surface area (Å²) in [4.78, 5) is 25.8. The van der Waals surface area contributed by atoms with Crippen LogP contribution in [0.3, 0.4) is 0 Å². The number of carbonyl (C=O) groups is 2. The highest BCUT2D eigenvalue weighted by atomic mass is 16.3. The van der Waals surface area contributed by atoms with Crippen molar-refractivity contribution in [3.63, 3.8) is 0 Å². The van der Waals surface area contributed by atoms with E-state index in [1.54, 1.807) is 7.05 Å². The highest BCUT2D eigenvalue weighted by Gasteiger charge is 2.34. The number of hydrogen-bond acceptors (Lipinski definition) is 3. The Hall–Kier alpha value is -1.88. The van der Waals surface area contributed by atoms with Gasteiger partial charge in [-0.1, -0.05) is 29.3 Å². The molecule has 19 heavy (non-hydrogen) atoms. The molecule has 2 rings (SSSR count). The van der Waals surface area contributed by atoms with Gasteiger partial charge in [0.2, 0.25) is 5.91 Å². The van der Waals surface area contributed by atoms with E-state index in [0.717, 1.165) is 21.6 Å². The average Bonchev–Trinajstić information content (AvgIpc) is 2.54. The molecule has 102 valence electrons. The van der Waals surface area contributed by atoms with Gasteiger partial charge in [0.1, 0.15) is 6.54 Å². The Bertz CT molecular complexity index is 507. The van der Waals surface area contributed by atoms with Crippen LogP contribution in [-0.4, -0.2) is 47.0 Å². The third-order valence-corrected chi connectivity index (χ3v) is 3.22. The number of β-amino-alcohol motifs (C(OH)–C–C–N with tert-alkyl or cyclic N) is 1. The van der Waals surface area contributed by atoms with Crippen molar-refractivity contribution < 1.29 is 14.7 Å². The molecule has 0 radical (unpaired) electrons. The summed E-state index contributed by atoms with van der Waals surface area (Å²) in [6.45, 7) is 3.98. The number of aliphatic hydroxyl groups is 1. The van der Waals surface area contributed by atoms with Gasteiger partial charge in [-0.15, -0.1) is 0 Å². The monoisotopic (exact) mass is 262 g/mol. The van der Waals surface area contributed by atoms with Crippen LogP contribution < -0.4 is 0 Å². The summed E-state index contributed by atoms with van der Waals surface area (Å²) in [6.07, 6.45) is -0.849. The van der Waals surface area contributed by atoms with E-state index < -0.39 is 6.10 Å². The Kier molecular flexibility index (Phi) is 3.57. The van der Waals surface area contributed by atoms with Gasteiger partial charge in [-0.25, -0.2) is 4.79 Å². The van der Waals surface area contributed by atoms with Crippen molar-refractivity contribution in [2.24, 2.45) is 0 Å². The number of hydrogen-bond donors (Lipinski definition) is 1. The first-order valence-electron chi connectivity index (χ1n) is 6.20. The standard InChI is InChI=1S/C14H18N2O3/c1-9-4-10(2)6-11(5-9)12(17)7-16-13(18)8-15(3)14(16)19/h4-6,12,17H,7-8H2,1-3H3. The number of aryl methyl sites for hydroxylation is 2. The fraction of sp³-hybridized carbons (Fsp3) is 0.429. The number of likely N-dealkylation sites (N-methyl/N-ethyl adjacent to an activating group) is 1. The molecule has 3 amide bonds. The molecule has 1 aliphatic rings. The van der Waals surface area contributed by atoms with Crippen LogP contribution in [0.1, 0.15) is 22.8 Å². The van der Waals surface area contributed by atoms with E-state index in [-0.39, 0.29) is 25.0 Å². The lowest BCUT2D eigenvalue weighted by atomic mass is 10.0. The van der Waals surface area contributed by atoms with Crippen LogP contribution in [-0.2, 0) is 4.79 Å². The Labute approximate surface area is 112 Å². The maximum atomic E-state index is 11.7. The first-order valence-corrected chi connectivity index (χ1v) is 6.20. The van der Waals surface area contributed by atoms with Gasteiger partial charge in [-0.05, 0) is 19.4 Å². The number of nitrogens with zero attached hydrogens (tertiary/aromatic N) is 2. The summed E-state index contributed by atoms with van der Waals surface area (Å²) in [6, 6.07) is 5.39. The summed E-state index contributed by atoms with van der Waals surface area (Å²) < 4.78 is 0. The van der Waals surface area contributed by atoms with Gasteiger partial charge < -0.3 is 10.0 Å². The number of imide groups is 1.